The number of fused-ring (bicyclic) bond motifs is 1. The molecule has 5 atom stereocenters. The van der Waals surface area contributed by atoms with Crippen molar-refractivity contribution in [3.63, 3.8) is 0 Å². The van der Waals surface area contributed by atoms with E-state index in [1.165, 1.54) is 19.1 Å². The molecule has 2 aliphatic rings. The van der Waals surface area contributed by atoms with Crippen LogP contribution < -0.4 is 11.1 Å². The van der Waals surface area contributed by atoms with Crippen molar-refractivity contribution >= 4 is 18.5 Å². The Morgan fingerprint density at radius 3 is 2.79 bits per heavy atom. The van der Waals surface area contributed by atoms with E-state index < -0.39 is 0 Å². The molecule has 7 heteroatoms. The van der Waals surface area contributed by atoms with Crippen LogP contribution in [0, 0.1) is 23.2 Å². The van der Waals surface area contributed by atoms with Gasteiger partial charge in [0.05, 0.1) is 18.5 Å². The SMILES string of the molecule is C=C(N=CN(C)C)NC(=O)/C(C)=C(\N)C(/C=C/[C@@H]1C[C@H]2CC[C@@H](C)[C@H]2O1)CC=N. The van der Waals surface area contributed by atoms with Crippen LogP contribution in [0.25, 0.3) is 0 Å². The number of hydrogen-bond acceptors (Lipinski definition) is 5. The van der Waals surface area contributed by atoms with E-state index >= 15 is 0 Å². The summed E-state index contributed by atoms with van der Waals surface area (Å²) in [6.07, 6.45) is 11.3. The van der Waals surface area contributed by atoms with Crippen LogP contribution in [-0.4, -0.2) is 49.7 Å². The zero-order valence-electron chi connectivity index (χ0n) is 18.0. The number of ether oxygens (including phenoxy) is 1. The molecule has 1 saturated carbocycles. The molecule has 4 N–H and O–H groups in total. The largest absolute Gasteiger partial charge is 0.401 e. The Bertz CT molecular complexity index is 710. The highest BCUT2D eigenvalue weighted by atomic mass is 16.5. The minimum atomic E-state index is -0.341. The molecule has 1 aliphatic carbocycles. The summed E-state index contributed by atoms with van der Waals surface area (Å²) in [4.78, 5) is 18.3. The molecule has 0 spiro atoms. The van der Waals surface area contributed by atoms with Gasteiger partial charge in [-0.15, -0.1) is 0 Å². The van der Waals surface area contributed by atoms with E-state index in [0.717, 1.165) is 6.42 Å². The van der Waals surface area contributed by atoms with E-state index in [0.29, 0.717) is 35.6 Å². The van der Waals surface area contributed by atoms with E-state index in [4.69, 9.17) is 15.9 Å². The zero-order valence-corrected chi connectivity index (χ0v) is 18.0. The minimum Gasteiger partial charge on any atom is -0.401 e. The second-order valence-electron chi connectivity index (χ2n) is 8.31. The lowest BCUT2D eigenvalue weighted by molar-refractivity contribution is -0.116. The van der Waals surface area contributed by atoms with Crippen LogP contribution in [0.5, 0.6) is 0 Å². The van der Waals surface area contributed by atoms with Gasteiger partial charge >= 0.3 is 0 Å². The summed E-state index contributed by atoms with van der Waals surface area (Å²) >= 11 is 0. The van der Waals surface area contributed by atoms with Gasteiger partial charge in [-0.1, -0.05) is 25.7 Å². The van der Waals surface area contributed by atoms with Gasteiger partial charge in [0.15, 0.2) is 0 Å². The highest BCUT2D eigenvalue weighted by Crippen LogP contribution is 2.42. The zero-order chi connectivity index (χ0) is 21.6. The molecule has 0 radical (unpaired) electrons. The Kier molecular flexibility index (Phi) is 8.20. The van der Waals surface area contributed by atoms with Crippen LogP contribution in [0.2, 0.25) is 0 Å². The van der Waals surface area contributed by atoms with Gasteiger partial charge in [0, 0.05) is 31.3 Å². The Morgan fingerprint density at radius 1 is 1.45 bits per heavy atom. The van der Waals surface area contributed by atoms with Crippen molar-refractivity contribution in [3.05, 3.63) is 35.8 Å². The maximum absolute atomic E-state index is 12.5. The van der Waals surface area contributed by atoms with Crippen LogP contribution >= 0.6 is 0 Å². The Balaban J connectivity index is 2.03. The maximum atomic E-state index is 12.5. The molecule has 0 aromatic carbocycles. The molecule has 1 heterocycles. The van der Waals surface area contributed by atoms with Crippen molar-refractivity contribution in [2.45, 2.75) is 51.7 Å². The second-order valence-corrected chi connectivity index (χ2v) is 8.31. The van der Waals surface area contributed by atoms with E-state index in [-0.39, 0.29) is 23.8 Å². The molecule has 1 aliphatic heterocycles. The number of amides is 1. The van der Waals surface area contributed by atoms with E-state index in [1.807, 2.05) is 20.2 Å². The first-order valence-corrected chi connectivity index (χ1v) is 10.2. The highest BCUT2D eigenvalue weighted by molar-refractivity contribution is 5.94. The molecule has 29 heavy (non-hydrogen) atoms. The topological polar surface area (TPSA) is 104 Å². The third-order valence-corrected chi connectivity index (χ3v) is 5.69. The number of aliphatic imine (C=N–C) groups is 1. The Labute approximate surface area is 174 Å². The number of nitrogens with two attached hydrogens (primary N) is 1. The van der Waals surface area contributed by atoms with E-state index in [2.05, 4.69) is 29.9 Å². The quantitative estimate of drug-likeness (QED) is 0.239. The van der Waals surface area contributed by atoms with Gasteiger partial charge in [-0.2, -0.15) is 0 Å². The van der Waals surface area contributed by atoms with Crippen molar-refractivity contribution in [1.82, 2.24) is 10.2 Å². The predicted molar refractivity (Wildman–Crippen MR) is 118 cm³/mol. The number of rotatable bonds is 9. The number of nitrogens with one attached hydrogen (secondary N) is 2. The standard InChI is InChI=1S/C22H35N5O2/c1-14-6-7-18-12-19(29-21(14)18)9-8-17(10-11-23)20(24)15(2)22(28)26-16(3)25-13-27(4)5/h8-9,11,13-14,17-19,21,23H,3,6-7,10,12,24H2,1-2,4-5H3,(H,26,28)/b9-8+,20-15-,23-11?,25-13?/t14-,17?,18-,19-,21-/m1/s1. The Morgan fingerprint density at radius 2 is 2.17 bits per heavy atom. The molecular weight excluding hydrogens is 366 g/mol. The van der Waals surface area contributed by atoms with Crippen molar-refractivity contribution in [1.29, 1.82) is 5.41 Å². The smallest absolute Gasteiger partial charge is 0.254 e. The van der Waals surface area contributed by atoms with Crippen LogP contribution in [-0.2, 0) is 9.53 Å². The molecule has 2 fully saturated rings. The van der Waals surface area contributed by atoms with Crippen LogP contribution in [0.15, 0.2) is 40.8 Å². The molecule has 1 unspecified atom stereocenters. The summed E-state index contributed by atoms with van der Waals surface area (Å²) in [6, 6.07) is 0. The third-order valence-electron chi connectivity index (χ3n) is 5.69. The number of allylic oxidation sites excluding steroid dienone is 1. The summed E-state index contributed by atoms with van der Waals surface area (Å²) in [5.74, 6) is 0.949. The van der Waals surface area contributed by atoms with E-state index in [9.17, 15) is 4.79 Å². The fourth-order valence-corrected chi connectivity index (χ4v) is 3.99. The van der Waals surface area contributed by atoms with Crippen LogP contribution in [0.4, 0.5) is 0 Å². The van der Waals surface area contributed by atoms with Crippen molar-refractivity contribution < 1.29 is 9.53 Å². The fraction of sp³-hybridized carbons (Fsp3) is 0.591. The summed E-state index contributed by atoms with van der Waals surface area (Å²) in [7, 11) is 3.66. The third kappa shape index (κ3) is 6.29. The van der Waals surface area contributed by atoms with Gasteiger partial charge in [-0.3, -0.25) is 4.79 Å². The molecule has 1 amide bonds. The lowest BCUT2D eigenvalue weighted by Crippen LogP contribution is -2.27. The summed E-state index contributed by atoms with van der Waals surface area (Å²) < 4.78 is 6.20. The Hall–Kier alpha value is -2.41. The molecule has 0 aromatic rings. The molecule has 0 bridgehead atoms. The predicted octanol–water partition coefficient (Wildman–Crippen LogP) is 2.81. The molecule has 2 rings (SSSR count). The molecule has 1 saturated heterocycles. The van der Waals surface area contributed by atoms with E-state index in [1.54, 1.807) is 18.2 Å². The summed E-state index contributed by atoms with van der Waals surface area (Å²) in [5.41, 5.74) is 7.14. The van der Waals surface area contributed by atoms with Crippen molar-refractivity contribution in [3.8, 4) is 0 Å². The van der Waals surface area contributed by atoms with Gasteiger partial charge in [0.1, 0.15) is 5.82 Å². The van der Waals surface area contributed by atoms with Crippen molar-refractivity contribution in [2.24, 2.45) is 28.5 Å². The minimum absolute atomic E-state index is 0.0862. The summed E-state index contributed by atoms with van der Waals surface area (Å²) in [5, 5.41) is 10.1. The highest BCUT2D eigenvalue weighted by Gasteiger charge is 2.41. The number of carbonyl (C=O) groups excluding carboxylic acids is 1. The molecular formula is C22H35N5O2. The average molecular weight is 402 g/mol. The lowest BCUT2D eigenvalue weighted by Gasteiger charge is -2.17. The normalized spacial score (nSPS) is 28.3. The first kappa shape index (κ1) is 22.9. The van der Waals surface area contributed by atoms with Gasteiger partial charge in [0.25, 0.3) is 5.91 Å². The maximum Gasteiger partial charge on any atom is 0.254 e. The first-order chi connectivity index (χ1) is 13.7. The van der Waals surface area contributed by atoms with Crippen LogP contribution in [0.3, 0.4) is 0 Å². The molecule has 160 valence electrons. The number of nitrogens with zero attached hydrogens (tertiary/aromatic N) is 2. The number of carbonyl (C=O) groups is 1. The molecule has 0 aromatic heterocycles. The lowest BCUT2D eigenvalue weighted by atomic mass is 9.95. The van der Waals surface area contributed by atoms with Gasteiger partial charge in [-0.05, 0) is 50.7 Å². The van der Waals surface area contributed by atoms with Gasteiger partial charge in [0.2, 0.25) is 0 Å². The van der Waals surface area contributed by atoms with Gasteiger partial charge in [-0.25, -0.2) is 4.99 Å². The second kappa shape index (κ2) is 10.4. The summed E-state index contributed by atoms with van der Waals surface area (Å²) in [6.45, 7) is 7.66. The average Bonchev–Trinajstić information content (AvgIpc) is 3.23. The monoisotopic (exact) mass is 401 g/mol. The van der Waals surface area contributed by atoms with Crippen LogP contribution in [0.1, 0.15) is 39.5 Å². The van der Waals surface area contributed by atoms with Gasteiger partial charge < -0.3 is 26.1 Å². The number of hydrogen-bond donors (Lipinski definition) is 3. The first-order valence-electron chi connectivity index (χ1n) is 10.2. The fourth-order valence-electron chi connectivity index (χ4n) is 3.99. The molecule has 7 nitrogen and oxygen atoms in total. The van der Waals surface area contributed by atoms with Crippen molar-refractivity contribution in [2.75, 3.05) is 14.1 Å².